The minimum absolute atomic E-state index is 0.210. The third-order valence-corrected chi connectivity index (χ3v) is 1.91. The van der Waals surface area contributed by atoms with E-state index >= 15 is 0 Å². The molecule has 0 aliphatic rings. The van der Waals surface area contributed by atoms with Gasteiger partial charge in [0.05, 0.1) is 6.10 Å². The van der Waals surface area contributed by atoms with E-state index in [4.69, 9.17) is 0 Å². The van der Waals surface area contributed by atoms with Gasteiger partial charge in [-0.2, -0.15) is 0 Å². The first kappa shape index (κ1) is 9.70. The second-order valence-corrected chi connectivity index (χ2v) is 3.17. The van der Waals surface area contributed by atoms with Crippen molar-refractivity contribution in [1.82, 2.24) is 0 Å². The maximum atomic E-state index is 9.27. The maximum absolute atomic E-state index is 9.27. The summed E-state index contributed by atoms with van der Waals surface area (Å²) in [6.45, 7) is 9.75. The molecule has 0 spiro atoms. The first-order valence-corrected chi connectivity index (χ1v) is 3.88. The van der Waals surface area contributed by atoms with Gasteiger partial charge in [0.2, 0.25) is 0 Å². The van der Waals surface area contributed by atoms with Gasteiger partial charge in [0.1, 0.15) is 0 Å². The van der Waals surface area contributed by atoms with Gasteiger partial charge in [0.25, 0.3) is 0 Å². The summed E-state index contributed by atoms with van der Waals surface area (Å²) >= 11 is 0. The summed E-state index contributed by atoms with van der Waals surface area (Å²) in [5.41, 5.74) is 0. The Hall–Kier alpha value is -0.300. The molecule has 0 saturated carbocycles. The fourth-order valence-corrected chi connectivity index (χ4v) is 1.22. The molecule has 2 atom stereocenters. The lowest BCUT2D eigenvalue weighted by Crippen LogP contribution is -2.21. The Morgan fingerprint density at radius 2 is 1.90 bits per heavy atom. The molecule has 1 nitrogen and oxygen atoms in total. The van der Waals surface area contributed by atoms with E-state index in [1.807, 2.05) is 13.0 Å². The zero-order chi connectivity index (χ0) is 8.15. The molecule has 1 N–H and O–H groups in total. The average Bonchev–Trinajstić information content (AvgIpc) is 1.81. The molecule has 0 saturated heterocycles. The zero-order valence-electron chi connectivity index (χ0n) is 7.17. The van der Waals surface area contributed by atoms with E-state index in [2.05, 4.69) is 20.4 Å². The lowest BCUT2D eigenvalue weighted by Gasteiger charge is -2.21. The van der Waals surface area contributed by atoms with Crippen LogP contribution in [0.5, 0.6) is 0 Å². The fourth-order valence-electron chi connectivity index (χ4n) is 1.22. The lowest BCUT2D eigenvalue weighted by atomic mass is 9.88. The highest BCUT2D eigenvalue weighted by atomic mass is 16.3. The van der Waals surface area contributed by atoms with Crippen LogP contribution < -0.4 is 0 Å². The zero-order valence-corrected chi connectivity index (χ0v) is 7.17. The Labute approximate surface area is 63.8 Å². The molecule has 0 bridgehead atoms. The number of allylic oxidation sites excluding steroid dienone is 1. The van der Waals surface area contributed by atoms with Crippen molar-refractivity contribution in [3.63, 3.8) is 0 Å². The number of rotatable bonds is 4. The van der Waals surface area contributed by atoms with Gasteiger partial charge in [-0.15, -0.1) is 6.58 Å². The lowest BCUT2D eigenvalue weighted by molar-refractivity contribution is 0.0994. The second-order valence-electron chi connectivity index (χ2n) is 3.17. The van der Waals surface area contributed by atoms with Crippen molar-refractivity contribution in [1.29, 1.82) is 0 Å². The van der Waals surface area contributed by atoms with E-state index in [1.165, 1.54) is 0 Å². The first-order chi connectivity index (χ1) is 4.59. The van der Waals surface area contributed by atoms with Crippen LogP contribution in [0, 0.1) is 11.8 Å². The van der Waals surface area contributed by atoms with Crippen LogP contribution in [-0.4, -0.2) is 11.2 Å². The molecule has 0 radical (unpaired) electrons. The highest BCUT2D eigenvalue weighted by molar-refractivity contribution is 4.78. The molecular formula is C9H18O. The molecule has 1 heteroatoms. The van der Waals surface area contributed by atoms with E-state index in [1.54, 1.807) is 0 Å². The van der Waals surface area contributed by atoms with Gasteiger partial charge >= 0.3 is 0 Å². The van der Waals surface area contributed by atoms with Crippen LogP contribution in [0.1, 0.15) is 27.2 Å². The van der Waals surface area contributed by atoms with Crippen molar-refractivity contribution in [2.45, 2.75) is 33.3 Å². The van der Waals surface area contributed by atoms with Gasteiger partial charge < -0.3 is 5.11 Å². The van der Waals surface area contributed by atoms with Crippen LogP contribution in [0.3, 0.4) is 0 Å². The largest absolute Gasteiger partial charge is 0.393 e. The van der Waals surface area contributed by atoms with Crippen molar-refractivity contribution >= 4 is 0 Å². The van der Waals surface area contributed by atoms with Crippen LogP contribution in [0.2, 0.25) is 0 Å². The smallest absolute Gasteiger partial charge is 0.0545 e. The summed E-state index contributed by atoms with van der Waals surface area (Å²) < 4.78 is 0. The molecule has 10 heavy (non-hydrogen) atoms. The highest BCUT2D eigenvalue weighted by Gasteiger charge is 2.16. The van der Waals surface area contributed by atoms with E-state index in [0.717, 1.165) is 6.42 Å². The minimum atomic E-state index is -0.210. The number of hydrogen-bond acceptors (Lipinski definition) is 1. The summed E-state index contributed by atoms with van der Waals surface area (Å²) in [7, 11) is 0. The molecule has 60 valence electrons. The van der Waals surface area contributed by atoms with E-state index in [-0.39, 0.29) is 6.10 Å². The first-order valence-electron chi connectivity index (χ1n) is 3.88. The highest BCUT2D eigenvalue weighted by Crippen LogP contribution is 2.19. The average molecular weight is 142 g/mol. The summed E-state index contributed by atoms with van der Waals surface area (Å²) in [6, 6.07) is 0. The predicted molar refractivity (Wildman–Crippen MR) is 44.8 cm³/mol. The second kappa shape index (κ2) is 4.51. The van der Waals surface area contributed by atoms with Gasteiger partial charge in [-0.05, 0) is 25.2 Å². The molecule has 0 rings (SSSR count). The molecule has 0 fully saturated rings. The Balaban J connectivity index is 3.84. The molecule has 0 amide bonds. The maximum Gasteiger partial charge on any atom is 0.0545 e. The quantitative estimate of drug-likeness (QED) is 0.597. The molecule has 0 aromatic carbocycles. The molecule has 0 unspecified atom stereocenters. The number of aliphatic hydroxyl groups excluding tert-OH is 1. The molecule has 0 aromatic rings. The standard InChI is InChI=1S/C9H18O/c1-5-6-9(7(2)3)8(4)10/h5,7-10H,1,6H2,2-4H3/t8-,9-/m0/s1. The topological polar surface area (TPSA) is 20.2 Å². The SMILES string of the molecule is C=CC[C@@H](C(C)C)[C@H](C)O. The van der Waals surface area contributed by atoms with Crippen molar-refractivity contribution in [2.75, 3.05) is 0 Å². The van der Waals surface area contributed by atoms with Crippen molar-refractivity contribution in [3.8, 4) is 0 Å². The Morgan fingerprint density at radius 3 is 2.00 bits per heavy atom. The van der Waals surface area contributed by atoms with Crippen LogP contribution >= 0.6 is 0 Å². The van der Waals surface area contributed by atoms with Gasteiger partial charge in [0.15, 0.2) is 0 Å². The molecule has 0 aliphatic carbocycles. The summed E-state index contributed by atoms with van der Waals surface area (Å²) in [5.74, 6) is 0.912. The van der Waals surface area contributed by atoms with Crippen molar-refractivity contribution in [2.24, 2.45) is 11.8 Å². The molecule has 0 aliphatic heterocycles. The van der Waals surface area contributed by atoms with Crippen LogP contribution in [0.4, 0.5) is 0 Å². The molecule has 0 heterocycles. The van der Waals surface area contributed by atoms with Gasteiger partial charge in [-0.1, -0.05) is 19.9 Å². The molecule has 0 aromatic heterocycles. The Bertz CT molecular complexity index is 86.9. The molecular weight excluding hydrogens is 124 g/mol. The fraction of sp³-hybridized carbons (Fsp3) is 0.778. The Kier molecular flexibility index (Phi) is 4.37. The summed E-state index contributed by atoms with van der Waals surface area (Å²) in [6.07, 6.45) is 2.57. The minimum Gasteiger partial charge on any atom is -0.393 e. The Morgan fingerprint density at radius 1 is 1.40 bits per heavy atom. The third-order valence-electron chi connectivity index (χ3n) is 1.91. The summed E-state index contributed by atoms with van der Waals surface area (Å²) in [5, 5.41) is 9.27. The van der Waals surface area contributed by atoms with Gasteiger partial charge in [-0.25, -0.2) is 0 Å². The van der Waals surface area contributed by atoms with Crippen LogP contribution in [0.25, 0.3) is 0 Å². The number of aliphatic hydroxyl groups is 1. The monoisotopic (exact) mass is 142 g/mol. The van der Waals surface area contributed by atoms with Crippen LogP contribution in [0.15, 0.2) is 12.7 Å². The van der Waals surface area contributed by atoms with E-state index in [9.17, 15) is 5.11 Å². The number of hydrogen-bond donors (Lipinski definition) is 1. The summed E-state index contributed by atoms with van der Waals surface area (Å²) in [4.78, 5) is 0. The van der Waals surface area contributed by atoms with Gasteiger partial charge in [0, 0.05) is 0 Å². The normalized spacial score (nSPS) is 16.9. The van der Waals surface area contributed by atoms with Gasteiger partial charge in [-0.3, -0.25) is 0 Å². The third kappa shape index (κ3) is 3.02. The van der Waals surface area contributed by atoms with Crippen molar-refractivity contribution < 1.29 is 5.11 Å². The van der Waals surface area contributed by atoms with E-state index < -0.39 is 0 Å². The predicted octanol–water partition coefficient (Wildman–Crippen LogP) is 2.22. The van der Waals surface area contributed by atoms with E-state index in [0.29, 0.717) is 11.8 Å². The van der Waals surface area contributed by atoms with Crippen molar-refractivity contribution in [3.05, 3.63) is 12.7 Å². The van der Waals surface area contributed by atoms with Crippen LogP contribution in [-0.2, 0) is 0 Å².